The first-order chi connectivity index (χ1) is 6.56. The molecule has 0 saturated heterocycles. The molecule has 1 aromatic rings. The molecule has 0 radical (unpaired) electrons. The van der Waals surface area contributed by atoms with Crippen molar-refractivity contribution in [2.45, 2.75) is 13.5 Å². The van der Waals surface area contributed by atoms with E-state index >= 15 is 0 Å². The van der Waals surface area contributed by atoms with E-state index in [9.17, 15) is 9.59 Å². The number of methoxy groups -OCH3 is 1. The van der Waals surface area contributed by atoms with Gasteiger partial charge in [0.15, 0.2) is 16.6 Å². The second-order valence-electron chi connectivity index (χ2n) is 2.69. The van der Waals surface area contributed by atoms with Crippen molar-refractivity contribution in [3.05, 3.63) is 21.6 Å². The number of ketones is 1. The lowest BCUT2D eigenvalue weighted by atomic mass is 10.4. The number of carbonyl (C=O) groups is 1. The van der Waals surface area contributed by atoms with E-state index < -0.39 is 5.56 Å². The fourth-order valence-corrected chi connectivity index (χ4v) is 1.14. The van der Waals surface area contributed by atoms with Gasteiger partial charge < -0.3 is 4.74 Å². The van der Waals surface area contributed by atoms with Gasteiger partial charge >= 0.3 is 0 Å². The summed E-state index contributed by atoms with van der Waals surface area (Å²) in [4.78, 5) is 22.2. The minimum absolute atomic E-state index is 0.0660. The van der Waals surface area contributed by atoms with E-state index in [1.165, 1.54) is 20.2 Å². The van der Waals surface area contributed by atoms with Crippen LogP contribution in [0.25, 0.3) is 0 Å². The van der Waals surface area contributed by atoms with Crippen molar-refractivity contribution < 1.29 is 9.53 Å². The highest BCUT2D eigenvalue weighted by Crippen LogP contribution is 2.16. The topological polar surface area (TPSA) is 61.2 Å². The maximum atomic E-state index is 11.4. The maximum absolute atomic E-state index is 11.4. The normalized spacial score (nSPS) is 9.93. The van der Waals surface area contributed by atoms with Gasteiger partial charge in [-0.3, -0.25) is 9.59 Å². The second kappa shape index (κ2) is 4.23. The molecule has 0 saturated carbocycles. The minimum atomic E-state index is -0.527. The predicted octanol–water partition coefficient (Wildman–Crippen LogP) is 0.494. The zero-order chi connectivity index (χ0) is 10.7. The van der Waals surface area contributed by atoms with Gasteiger partial charge in [0, 0.05) is 0 Å². The molecule has 6 heteroatoms. The summed E-state index contributed by atoms with van der Waals surface area (Å²) in [6.07, 6.45) is 1.30. The van der Waals surface area contributed by atoms with E-state index in [1.807, 2.05) is 0 Å². The molecule has 14 heavy (non-hydrogen) atoms. The molecule has 0 unspecified atom stereocenters. The van der Waals surface area contributed by atoms with Crippen LogP contribution in [0.2, 0.25) is 5.02 Å². The molecule has 0 spiro atoms. The number of nitrogens with zero attached hydrogens (tertiary/aromatic N) is 2. The zero-order valence-electron chi connectivity index (χ0n) is 7.78. The highest BCUT2D eigenvalue weighted by atomic mass is 35.5. The van der Waals surface area contributed by atoms with Crippen LogP contribution >= 0.6 is 11.6 Å². The average molecular weight is 217 g/mol. The molecule has 1 rings (SSSR count). The lowest BCUT2D eigenvalue weighted by Crippen LogP contribution is -2.26. The van der Waals surface area contributed by atoms with Crippen LogP contribution in [0.15, 0.2) is 11.0 Å². The van der Waals surface area contributed by atoms with E-state index in [4.69, 9.17) is 16.3 Å². The summed E-state index contributed by atoms with van der Waals surface area (Å²) in [5.74, 6) is 0.0392. The van der Waals surface area contributed by atoms with Crippen LogP contribution in [0.1, 0.15) is 6.92 Å². The Morgan fingerprint density at radius 3 is 2.86 bits per heavy atom. The Bertz CT molecular complexity index is 414. The number of aromatic nitrogens is 2. The van der Waals surface area contributed by atoms with Crippen LogP contribution in [-0.2, 0) is 11.3 Å². The average Bonchev–Trinajstić information content (AvgIpc) is 2.13. The number of Topliss-reactive ketones (excluding diaryl/α,β-unsaturated/α-hetero) is 1. The third-order valence-corrected chi connectivity index (χ3v) is 1.89. The lowest BCUT2D eigenvalue weighted by Gasteiger charge is -2.04. The van der Waals surface area contributed by atoms with Gasteiger partial charge in [0.05, 0.1) is 13.3 Å². The van der Waals surface area contributed by atoms with Gasteiger partial charge in [0.2, 0.25) is 0 Å². The van der Waals surface area contributed by atoms with Crippen LogP contribution in [-0.4, -0.2) is 22.7 Å². The van der Waals surface area contributed by atoms with E-state index in [0.717, 1.165) is 4.68 Å². The summed E-state index contributed by atoms with van der Waals surface area (Å²) in [5.41, 5.74) is -0.527. The molecule has 5 nitrogen and oxygen atoms in total. The zero-order valence-corrected chi connectivity index (χ0v) is 8.54. The summed E-state index contributed by atoms with van der Waals surface area (Å²) in [6, 6.07) is 0. The van der Waals surface area contributed by atoms with Crippen molar-refractivity contribution in [3.8, 4) is 5.75 Å². The Morgan fingerprint density at radius 1 is 1.71 bits per heavy atom. The number of carbonyl (C=O) groups excluding carboxylic acids is 1. The number of ether oxygens (including phenoxy) is 1. The monoisotopic (exact) mass is 216 g/mol. The molecule has 0 N–H and O–H groups in total. The van der Waals surface area contributed by atoms with Crippen molar-refractivity contribution in [1.29, 1.82) is 0 Å². The van der Waals surface area contributed by atoms with Crippen molar-refractivity contribution >= 4 is 17.4 Å². The van der Waals surface area contributed by atoms with Crippen LogP contribution < -0.4 is 10.3 Å². The van der Waals surface area contributed by atoms with E-state index in [2.05, 4.69) is 5.10 Å². The highest BCUT2D eigenvalue weighted by molar-refractivity contribution is 6.31. The lowest BCUT2D eigenvalue weighted by molar-refractivity contribution is -0.117. The van der Waals surface area contributed by atoms with Gasteiger partial charge in [0.1, 0.15) is 6.54 Å². The van der Waals surface area contributed by atoms with Gasteiger partial charge in [-0.25, -0.2) is 4.68 Å². The standard InChI is InChI=1S/C8H9ClN2O3/c1-5(12)4-11-8(13)7(9)6(14-2)3-10-11/h3H,4H2,1-2H3. The molecule has 0 bridgehead atoms. The van der Waals surface area contributed by atoms with Crippen LogP contribution in [0.4, 0.5) is 0 Å². The Balaban J connectivity index is 3.17. The Kier molecular flexibility index (Phi) is 3.24. The fraction of sp³-hybridized carbons (Fsp3) is 0.375. The fourth-order valence-electron chi connectivity index (χ4n) is 0.916. The summed E-state index contributed by atoms with van der Waals surface area (Å²) < 4.78 is 5.79. The molecule has 0 aliphatic rings. The van der Waals surface area contributed by atoms with Gasteiger partial charge in [-0.1, -0.05) is 11.6 Å². The van der Waals surface area contributed by atoms with Crippen molar-refractivity contribution in [2.75, 3.05) is 7.11 Å². The van der Waals surface area contributed by atoms with E-state index in [0.29, 0.717) is 0 Å². The number of halogens is 1. The van der Waals surface area contributed by atoms with Crippen molar-refractivity contribution in [1.82, 2.24) is 9.78 Å². The summed E-state index contributed by atoms with van der Waals surface area (Å²) >= 11 is 5.67. The number of hydrogen-bond acceptors (Lipinski definition) is 4. The second-order valence-corrected chi connectivity index (χ2v) is 3.07. The third kappa shape index (κ3) is 2.11. The minimum Gasteiger partial charge on any atom is -0.493 e. The summed E-state index contributed by atoms with van der Waals surface area (Å²) in [6.45, 7) is 1.29. The Morgan fingerprint density at radius 2 is 2.36 bits per heavy atom. The molecular weight excluding hydrogens is 208 g/mol. The molecule has 0 aliphatic carbocycles. The van der Waals surface area contributed by atoms with Crippen LogP contribution in [0.3, 0.4) is 0 Å². The predicted molar refractivity (Wildman–Crippen MR) is 50.7 cm³/mol. The van der Waals surface area contributed by atoms with Gasteiger partial charge in [-0.2, -0.15) is 5.10 Å². The third-order valence-electron chi connectivity index (χ3n) is 1.55. The van der Waals surface area contributed by atoms with Crippen molar-refractivity contribution in [3.63, 3.8) is 0 Å². The molecule has 0 amide bonds. The van der Waals surface area contributed by atoms with E-state index in [-0.39, 0.29) is 23.1 Å². The Hall–Kier alpha value is -1.36. The van der Waals surface area contributed by atoms with Gasteiger partial charge in [0.25, 0.3) is 5.56 Å². The smallest absolute Gasteiger partial charge is 0.289 e. The molecule has 0 atom stereocenters. The first-order valence-electron chi connectivity index (χ1n) is 3.85. The molecular formula is C8H9ClN2O3. The first-order valence-corrected chi connectivity index (χ1v) is 4.23. The molecule has 0 fully saturated rings. The Labute approximate surface area is 85.2 Å². The molecule has 1 aromatic heterocycles. The van der Waals surface area contributed by atoms with Gasteiger partial charge in [-0.15, -0.1) is 0 Å². The first kappa shape index (κ1) is 10.7. The number of hydrogen-bond donors (Lipinski definition) is 0. The summed E-state index contributed by atoms with van der Waals surface area (Å²) in [7, 11) is 1.39. The molecule has 1 heterocycles. The van der Waals surface area contributed by atoms with Crippen molar-refractivity contribution in [2.24, 2.45) is 0 Å². The molecule has 0 aliphatic heterocycles. The summed E-state index contributed by atoms with van der Waals surface area (Å²) in [5, 5.41) is 3.66. The molecule has 76 valence electrons. The number of rotatable bonds is 3. The largest absolute Gasteiger partial charge is 0.493 e. The SMILES string of the molecule is COc1cnn(CC(C)=O)c(=O)c1Cl. The quantitative estimate of drug-likeness (QED) is 0.738. The van der Waals surface area contributed by atoms with E-state index in [1.54, 1.807) is 0 Å². The van der Waals surface area contributed by atoms with Crippen LogP contribution in [0, 0.1) is 0 Å². The maximum Gasteiger partial charge on any atom is 0.289 e. The molecule has 0 aromatic carbocycles. The highest BCUT2D eigenvalue weighted by Gasteiger charge is 2.09. The van der Waals surface area contributed by atoms with Gasteiger partial charge in [-0.05, 0) is 6.92 Å². The van der Waals surface area contributed by atoms with Crippen LogP contribution in [0.5, 0.6) is 5.75 Å².